The van der Waals surface area contributed by atoms with Gasteiger partial charge in [0.05, 0.1) is 0 Å². The third kappa shape index (κ3) is 5.28. The van der Waals surface area contributed by atoms with Crippen molar-refractivity contribution < 1.29 is 23.8 Å². The van der Waals surface area contributed by atoms with Gasteiger partial charge in [-0.2, -0.15) is 0 Å². The molecular weight excluding hydrogens is 524 g/mol. The van der Waals surface area contributed by atoms with Gasteiger partial charge in [-0.25, -0.2) is 9.18 Å². The van der Waals surface area contributed by atoms with E-state index < -0.39 is 29.2 Å². The molecule has 1 saturated heterocycles. The molecule has 5 nitrogen and oxygen atoms in total. The molecule has 1 amide bonds. The first kappa shape index (κ1) is 24.7. The van der Waals surface area contributed by atoms with Crippen molar-refractivity contribution in [3.63, 3.8) is 0 Å². The van der Waals surface area contributed by atoms with Crippen LogP contribution in [0.2, 0.25) is 15.1 Å². The molecule has 1 heterocycles. The Bertz CT molecular complexity index is 1240. The van der Waals surface area contributed by atoms with E-state index in [-0.39, 0.29) is 17.9 Å². The van der Waals surface area contributed by atoms with E-state index in [1.165, 1.54) is 17.0 Å². The van der Waals surface area contributed by atoms with Crippen LogP contribution >= 0.6 is 46.6 Å². The van der Waals surface area contributed by atoms with Crippen LogP contribution in [0.3, 0.4) is 0 Å². The summed E-state index contributed by atoms with van der Waals surface area (Å²) in [5.74, 6) is -2.04. The average molecular weight is 541 g/mol. The number of carbonyl (C=O) groups excluding carboxylic acids is 1. The molecule has 0 radical (unpaired) electrons. The molecule has 1 unspecified atom stereocenters. The SMILES string of the molecule is O=C(O)[C@@H]1SCCN1C(=O)c1ccc(OC(c2ccc(Cl)cc2)c2ccc(Cl)cc2Cl)c(F)c1. The third-order valence-electron chi connectivity index (χ3n) is 5.20. The summed E-state index contributed by atoms with van der Waals surface area (Å²) in [7, 11) is 0. The van der Waals surface area contributed by atoms with E-state index in [0.717, 1.165) is 17.8 Å². The number of carboxylic acids is 1. The highest BCUT2D eigenvalue weighted by atomic mass is 35.5. The predicted octanol–water partition coefficient (Wildman–Crippen LogP) is 6.55. The summed E-state index contributed by atoms with van der Waals surface area (Å²) in [6, 6.07) is 15.5. The molecule has 10 heteroatoms. The quantitative estimate of drug-likeness (QED) is 0.384. The van der Waals surface area contributed by atoms with Crippen molar-refractivity contribution in [1.82, 2.24) is 4.90 Å². The molecular formula is C24H17Cl3FNO4S. The lowest BCUT2D eigenvalue weighted by molar-refractivity contribution is -0.138. The Hall–Kier alpha value is -2.45. The van der Waals surface area contributed by atoms with Crippen molar-refractivity contribution in [2.45, 2.75) is 11.5 Å². The molecule has 0 aliphatic carbocycles. The number of benzene rings is 3. The van der Waals surface area contributed by atoms with E-state index >= 15 is 4.39 Å². The number of thioether (sulfide) groups is 1. The second-order valence-corrected chi connectivity index (χ2v) is 9.89. The molecule has 34 heavy (non-hydrogen) atoms. The van der Waals surface area contributed by atoms with E-state index in [0.29, 0.717) is 31.9 Å². The largest absolute Gasteiger partial charge is 0.479 e. The van der Waals surface area contributed by atoms with Gasteiger partial charge >= 0.3 is 5.97 Å². The van der Waals surface area contributed by atoms with Crippen LogP contribution in [0.4, 0.5) is 4.39 Å². The van der Waals surface area contributed by atoms with Crippen LogP contribution in [0.1, 0.15) is 27.6 Å². The minimum atomic E-state index is -1.11. The second kappa shape index (κ2) is 10.4. The average Bonchev–Trinajstić information content (AvgIpc) is 3.29. The lowest BCUT2D eigenvalue weighted by Gasteiger charge is -2.23. The number of aliphatic carboxylic acids is 1. The molecule has 176 valence electrons. The Morgan fingerprint density at radius 2 is 1.74 bits per heavy atom. The van der Waals surface area contributed by atoms with Gasteiger partial charge in [-0.15, -0.1) is 11.8 Å². The normalized spacial score (nSPS) is 16.4. The number of halogens is 4. The highest BCUT2D eigenvalue weighted by Crippen LogP contribution is 2.36. The summed E-state index contributed by atoms with van der Waals surface area (Å²) >= 11 is 19.6. The van der Waals surface area contributed by atoms with E-state index in [4.69, 9.17) is 39.5 Å². The Morgan fingerprint density at radius 1 is 1.03 bits per heavy atom. The first-order valence-electron chi connectivity index (χ1n) is 10.1. The van der Waals surface area contributed by atoms with Gasteiger partial charge in [-0.05, 0) is 48.0 Å². The van der Waals surface area contributed by atoms with Crippen molar-refractivity contribution in [2.75, 3.05) is 12.3 Å². The lowest BCUT2D eigenvalue weighted by Crippen LogP contribution is -2.39. The van der Waals surface area contributed by atoms with Crippen LogP contribution in [0.5, 0.6) is 5.75 Å². The van der Waals surface area contributed by atoms with Crippen LogP contribution in [0.15, 0.2) is 60.7 Å². The van der Waals surface area contributed by atoms with Gasteiger partial charge in [-0.3, -0.25) is 4.79 Å². The van der Waals surface area contributed by atoms with Gasteiger partial charge in [-0.1, -0.05) is 53.0 Å². The number of amides is 1. The molecule has 1 aliphatic heterocycles. The standard InChI is InChI=1S/C24H17Cl3FNO4S/c25-15-4-1-13(2-5-15)21(17-7-6-16(26)12-18(17)27)33-20-8-3-14(11-19(20)28)22(30)29-9-10-34-23(29)24(31)32/h1-8,11-12,21,23H,9-10H2,(H,31,32)/t21?,23-/m0/s1. The molecule has 0 aromatic heterocycles. The maximum Gasteiger partial charge on any atom is 0.337 e. The number of hydrogen-bond acceptors (Lipinski definition) is 4. The number of nitrogens with zero attached hydrogens (tertiary/aromatic N) is 1. The van der Waals surface area contributed by atoms with E-state index in [2.05, 4.69) is 0 Å². The van der Waals surface area contributed by atoms with E-state index in [1.807, 2.05) is 0 Å². The highest BCUT2D eigenvalue weighted by Gasteiger charge is 2.35. The minimum Gasteiger partial charge on any atom is -0.479 e. The zero-order valence-corrected chi connectivity index (χ0v) is 20.5. The summed E-state index contributed by atoms with van der Waals surface area (Å²) in [5.41, 5.74) is 1.27. The van der Waals surface area contributed by atoms with Crippen LogP contribution in [0, 0.1) is 5.82 Å². The number of carboxylic acid groups (broad SMARTS) is 1. The second-order valence-electron chi connectivity index (χ2n) is 7.42. The van der Waals surface area contributed by atoms with Gasteiger partial charge in [0, 0.05) is 38.5 Å². The van der Waals surface area contributed by atoms with Crippen LogP contribution < -0.4 is 4.74 Å². The maximum absolute atomic E-state index is 15.1. The minimum absolute atomic E-state index is 0.0335. The maximum atomic E-state index is 15.1. The fourth-order valence-electron chi connectivity index (χ4n) is 3.57. The molecule has 0 spiro atoms. The predicted molar refractivity (Wildman–Crippen MR) is 132 cm³/mol. The first-order valence-corrected chi connectivity index (χ1v) is 12.2. The van der Waals surface area contributed by atoms with E-state index in [9.17, 15) is 14.7 Å². The molecule has 1 N–H and O–H groups in total. The Morgan fingerprint density at radius 3 is 2.38 bits per heavy atom. The van der Waals surface area contributed by atoms with Gasteiger partial charge in [0.1, 0.15) is 0 Å². The molecule has 0 bridgehead atoms. The zero-order valence-electron chi connectivity index (χ0n) is 17.4. The van der Waals surface area contributed by atoms with Crippen LogP contribution in [0.25, 0.3) is 0 Å². The van der Waals surface area contributed by atoms with Crippen LogP contribution in [-0.2, 0) is 4.79 Å². The summed E-state index contributed by atoms with van der Waals surface area (Å²) in [6.45, 7) is 0.272. The Kier molecular flexibility index (Phi) is 7.57. The molecule has 1 fully saturated rings. The van der Waals surface area contributed by atoms with Crippen LogP contribution in [-0.4, -0.2) is 39.6 Å². The number of hydrogen-bond donors (Lipinski definition) is 1. The molecule has 0 saturated carbocycles. The Labute approximate surface area is 214 Å². The van der Waals surface area contributed by atoms with Crippen molar-refractivity contribution in [3.05, 3.63) is 98.2 Å². The molecule has 1 aliphatic rings. The summed E-state index contributed by atoms with van der Waals surface area (Å²) in [6.07, 6.45) is -0.788. The van der Waals surface area contributed by atoms with Crippen molar-refractivity contribution in [3.8, 4) is 5.75 Å². The van der Waals surface area contributed by atoms with Crippen molar-refractivity contribution in [1.29, 1.82) is 0 Å². The Balaban J connectivity index is 1.65. The molecule has 3 aromatic carbocycles. The van der Waals surface area contributed by atoms with Crippen molar-refractivity contribution >= 4 is 58.4 Å². The zero-order chi connectivity index (χ0) is 24.4. The van der Waals surface area contributed by atoms with E-state index in [1.54, 1.807) is 42.5 Å². The highest BCUT2D eigenvalue weighted by molar-refractivity contribution is 8.00. The van der Waals surface area contributed by atoms with Gasteiger partial charge in [0.25, 0.3) is 5.91 Å². The topological polar surface area (TPSA) is 66.8 Å². The smallest absolute Gasteiger partial charge is 0.337 e. The van der Waals surface area contributed by atoms with Crippen molar-refractivity contribution in [2.24, 2.45) is 0 Å². The first-order chi connectivity index (χ1) is 16.2. The summed E-state index contributed by atoms with van der Waals surface area (Å²) in [4.78, 5) is 25.4. The summed E-state index contributed by atoms with van der Waals surface area (Å²) in [5, 5.41) is 9.63. The lowest BCUT2D eigenvalue weighted by atomic mass is 10.0. The van der Waals surface area contributed by atoms with Gasteiger partial charge in [0.2, 0.25) is 0 Å². The third-order valence-corrected chi connectivity index (χ3v) is 7.21. The molecule has 2 atom stereocenters. The molecule has 3 aromatic rings. The number of rotatable bonds is 6. The molecule has 4 rings (SSSR count). The summed E-state index contributed by atoms with van der Waals surface area (Å²) < 4.78 is 21.1. The monoisotopic (exact) mass is 539 g/mol. The van der Waals surface area contributed by atoms with Gasteiger partial charge < -0.3 is 14.7 Å². The fourth-order valence-corrected chi connectivity index (χ4v) is 5.25. The fraction of sp³-hybridized carbons (Fsp3) is 0.167. The number of carbonyl (C=O) groups is 2. The van der Waals surface area contributed by atoms with Gasteiger partial charge in [0.15, 0.2) is 23.0 Å². The number of ether oxygens (including phenoxy) is 1.